The predicted molar refractivity (Wildman–Crippen MR) is 70.4 cm³/mol. The first-order valence-corrected chi connectivity index (χ1v) is 6.16. The molecule has 0 saturated carbocycles. The van der Waals surface area contributed by atoms with Crippen LogP contribution in [0.4, 0.5) is 0 Å². The van der Waals surface area contributed by atoms with E-state index in [-0.39, 0.29) is 12.4 Å². The third-order valence-electron chi connectivity index (χ3n) is 3.58. The van der Waals surface area contributed by atoms with Crippen molar-refractivity contribution in [1.29, 1.82) is 0 Å². The van der Waals surface area contributed by atoms with E-state index in [0.717, 1.165) is 24.5 Å². The summed E-state index contributed by atoms with van der Waals surface area (Å²) in [5.74, 6) is 1.28. The number of halogens is 2. The average Bonchev–Trinajstić information content (AvgIpc) is 2.57. The molecule has 1 aliphatic carbocycles. The number of aryl methyl sites for hydroxylation is 1. The largest absolute Gasteiger partial charge is 0.282 e. The molecule has 1 aromatic rings. The highest BCUT2D eigenvalue weighted by atomic mass is 35.5. The molecule has 1 N–H and O–H groups in total. The van der Waals surface area contributed by atoms with Crippen LogP contribution >= 0.6 is 24.0 Å². The second-order valence-electron chi connectivity index (χ2n) is 5.57. The topological polar surface area (TPSA) is 28.7 Å². The number of nitrogens with one attached hydrogen (secondary N) is 1. The number of rotatable bonds is 1. The highest BCUT2D eigenvalue weighted by molar-refractivity contribution is 6.17. The summed E-state index contributed by atoms with van der Waals surface area (Å²) in [5.41, 5.74) is 4.14. The Morgan fingerprint density at radius 3 is 2.69 bits per heavy atom. The molecular weight excluding hydrogens is 243 g/mol. The molecular formula is C12H20Cl2N2. The van der Waals surface area contributed by atoms with Crippen molar-refractivity contribution in [3.05, 3.63) is 17.0 Å². The fourth-order valence-electron chi connectivity index (χ4n) is 2.41. The second kappa shape index (κ2) is 4.97. The SMILES string of the molecule is CC(C)(C)C1CCc2[nH]nc(CCl)c2C1.Cl. The van der Waals surface area contributed by atoms with Crippen molar-refractivity contribution < 1.29 is 0 Å². The molecule has 0 amide bonds. The van der Waals surface area contributed by atoms with E-state index >= 15 is 0 Å². The zero-order valence-corrected chi connectivity index (χ0v) is 11.7. The van der Waals surface area contributed by atoms with Gasteiger partial charge in [-0.2, -0.15) is 5.10 Å². The molecule has 92 valence electrons. The monoisotopic (exact) mass is 262 g/mol. The summed E-state index contributed by atoms with van der Waals surface area (Å²) in [4.78, 5) is 0. The molecule has 1 atom stereocenters. The van der Waals surface area contributed by atoms with Gasteiger partial charge in [0.2, 0.25) is 0 Å². The summed E-state index contributed by atoms with van der Waals surface area (Å²) in [6, 6.07) is 0. The van der Waals surface area contributed by atoms with Gasteiger partial charge in [0.15, 0.2) is 0 Å². The van der Waals surface area contributed by atoms with Gasteiger partial charge in [-0.15, -0.1) is 24.0 Å². The van der Waals surface area contributed by atoms with Gasteiger partial charge >= 0.3 is 0 Å². The van der Waals surface area contributed by atoms with Gasteiger partial charge in [-0.1, -0.05) is 20.8 Å². The highest BCUT2D eigenvalue weighted by Crippen LogP contribution is 2.37. The maximum absolute atomic E-state index is 5.88. The fraction of sp³-hybridized carbons (Fsp3) is 0.750. The standard InChI is InChI=1S/C12H19ClN2.ClH/c1-12(2,3)8-4-5-10-9(6-8)11(7-13)15-14-10;/h8H,4-7H2,1-3H3,(H,14,15);1H. The molecule has 1 heterocycles. The predicted octanol–water partition coefficient (Wildman–Crippen LogP) is 3.72. The Hall–Kier alpha value is -0.210. The lowest BCUT2D eigenvalue weighted by atomic mass is 9.71. The van der Waals surface area contributed by atoms with Crippen molar-refractivity contribution in [3.63, 3.8) is 0 Å². The van der Waals surface area contributed by atoms with Crippen LogP contribution in [0.1, 0.15) is 44.1 Å². The molecule has 0 spiro atoms. The molecule has 0 radical (unpaired) electrons. The molecule has 16 heavy (non-hydrogen) atoms. The molecule has 0 aliphatic heterocycles. The number of aromatic amines is 1. The molecule has 1 unspecified atom stereocenters. The van der Waals surface area contributed by atoms with Gasteiger partial charge in [-0.3, -0.25) is 5.10 Å². The minimum atomic E-state index is 0. The van der Waals surface area contributed by atoms with Gasteiger partial charge < -0.3 is 0 Å². The van der Waals surface area contributed by atoms with Crippen LogP contribution in [0.25, 0.3) is 0 Å². The molecule has 2 nitrogen and oxygen atoms in total. The van der Waals surface area contributed by atoms with Crippen molar-refractivity contribution >= 4 is 24.0 Å². The molecule has 1 aliphatic rings. The summed E-state index contributed by atoms with van der Waals surface area (Å²) >= 11 is 5.88. The Labute approximate surface area is 109 Å². The Balaban J connectivity index is 0.00000128. The number of fused-ring (bicyclic) bond motifs is 1. The molecule has 2 rings (SSSR count). The fourth-order valence-corrected chi connectivity index (χ4v) is 2.63. The van der Waals surface area contributed by atoms with Crippen LogP contribution in [0.3, 0.4) is 0 Å². The van der Waals surface area contributed by atoms with E-state index in [0.29, 0.717) is 11.3 Å². The van der Waals surface area contributed by atoms with Gasteiger partial charge in [-0.25, -0.2) is 0 Å². The van der Waals surface area contributed by atoms with Crippen LogP contribution in [0.5, 0.6) is 0 Å². The number of H-pyrrole nitrogens is 1. The van der Waals surface area contributed by atoms with E-state index in [9.17, 15) is 0 Å². The van der Waals surface area contributed by atoms with E-state index in [2.05, 4.69) is 31.0 Å². The van der Waals surface area contributed by atoms with Crippen LogP contribution in [-0.4, -0.2) is 10.2 Å². The number of hydrogen-bond donors (Lipinski definition) is 1. The Morgan fingerprint density at radius 2 is 2.12 bits per heavy atom. The zero-order chi connectivity index (χ0) is 11.1. The van der Waals surface area contributed by atoms with Crippen LogP contribution in [0, 0.1) is 11.3 Å². The van der Waals surface area contributed by atoms with E-state index in [4.69, 9.17) is 11.6 Å². The normalized spacial score (nSPS) is 20.1. The molecule has 0 saturated heterocycles. The van der Waals surface area contributed by atoms with Gasteiger partial charge in [0.25, 0.3) is 0 Å². The van der Waals surface area contributed by atoms with Crippen LogP contribution < -0.4 is 0 Å². The molecule has 0 fully saturated rings. The smallest absolute Gasteiger partial charge is 0.0804 e. The molecule has 4 heteroatoms. The third kappa shape index (κ3) is 2.54. The van der Waals surface area contributed by atoms with Crippen molar-refractivity contribution in [2.45, 2.75) is 45.9 Å². The molecule has 0 aromatic carbocycles. The Morgan fingerprint density at radius 1 is 1.44 bits per heavy atom. The van der Waals surface area contributed by atoms with E-state index in [1.807, 2.05) is 0 Å². The summed E-state index contributed by atoms with van der Waals surface area (Å²) < 4.78 is 0. The maximum Gasteiger partial charge on any atom is 0.0804 e. The Kier molecular flexibility index (Phi) is 4.30. The molecule has 0 bridgehead atoms. The first kappa shape index (κ1) is 13.9. The van der Waals surface area contributed by atoms with Crippen molar-refractivity contribution in [1.82, 2.24) is 10.2 Å². The lowest BCUT2D eigenvalue weighted by molar-refractivity contribution is 0.215. The van der Waals surface area contributed by atoms with Crippen molar-refractivity contribution in [2.24, 2.45) is 11.3 Å². The molecule has 1 aromatic heterocycles. The Bertz CT molecular complexity index is 339. The van der Waals surface area contributed by atoms with Crippen molar-refractivity contribution in [3.8, 4) is 0 Å². The summed E-state index contributed by atoms with van der Waals surface area (Å²) in [7, 11) is 0. The summed E-state index contributed by atoms with van der Waals surface area (Å²) in [5, 5.41) is 7.39. The van der Waals surface area contributed by atoms with Gasteiger partial charge in [0.1, 0.15) is 0 Å². The quantitative estimate of drug-likeness (QED) is 0.768. The highest BCUT2D eigenvalue weighted by Gasteiger charge is 2.30. The minimum absolute atomic E-state index is 0. The minimum Gasteiger partial charge on any atom is -0.282 e. The van der Waals surface area contributed by atoms with Gasteiger partial charge in [0, 0.05) is 5.69 Å². The van der Waals surface area contributed by atoms with E-state index < -0.39 is 0 Å². The average molecular weight is 263 g/mol. The zero-order valence-electron chi connectivity index (χ0n) is 10.1. The summed E-state index contributed by atoms with van der Waals surface area (Å²) in [6.07, 6.45) is 3.53. The third-order valence-corrected chi connectivity index (χ3v) is 3.84. The number of aromatic nitrogens is 2. The lowest BCUT2D eigenvalue weighted by Gasteiger charge is -2.33. The van der Waals surface area contributed by atoms with E-state index in [1.165, 1.54) is 17.7 Å². The lowest BCUT2D eigenvalue weighted by Crippen LogP contribution is -2.26. The number of hydrogen-bond acceptors (Lipinski definition) is 1. The summed E-state index contributed by atoms with van der Waals surface area (Å²) in [6.45, 7) is 6.97. The first-order chi connectivity index (χ1) is 7.02. The first-order valence-electron chi connectivity index (χ1n) is 5.63. The second-order valence-corrected chi connectivity index (χ2v) is 5.83. The van der Waals surface area contributed by atoms with E-state index in [1.54, 1.807) is 0 Å². The van der Waals surface area contributed by atoms with Crippen LogP contribution in [-0.2, 0) is 18.7 Å². The van der Waals surface area contributed by atoms with Crippen LogP contribution in [0.15, 0.2) is 0 Å². The van der Waals surface area contributed by atoms with Crippen molar-refractivity contribution in [2.75, 3.05) is 0 Å². The van der Waals surface area contributed by atoms with Crippen LogP contribution in [0.2, 0.25) is 0 Å². The number of alkyl halides is 1. The number of nitrogens with zero attached hydrogens (tertiary/aromatic N) is 1. The van der Waals surface area contributed by atoms with Gasteiger partial charge in [0.05, 0.1) is 11.6 Å². The van der Waals surface area contributed by atoms with Gasteiger partial charge in [-0.05, 0) is 36.2 Å². The maximum atomic E-state index is 5.88.